The van der Waals surface area contributed by atoms with E-state index in [0.29, 0.717) is 6.54 Å². The summed E-state index contributed by atoms with van der Waals surface area (Å²) in [5, 5.41) is 1.12. The van der Waals surface area contributed by atoms with Crippen molar-refractivity contribution < 1.29 is 0 Å². The summed E-state index contributed by atoms with van der Waals surface area (Å²) in [4.78, 5) is 8.91. The van der Waals surface area contributed by atoms with Crippen LogP contribution >= 0.6 is 15.9 Å². The average Bonchev–Trinajstić information content (AvgIpc) is 2.26. The number of aromatic nitrogens is 2. The molecule has 3 nitrogen and oxygen atoms in total. The van der Waals surface area contributed by atoms with Gasteiger partial charge in [-0.1, -0.05) is 15.9 Å². The molecule has 0 saturated heterocycles. The predicted molar refractivity (Wildman–Crippen MR) is 69.4 cm³/mol. The fourth-order valence-electron chi connectivity index (χ4n) is 1.75. The highest BCUT2D eigenvalue weighted by Gasteiger charge is 2.05. The van der Waals surface area contributed by atoms with Crippen molar-refractivity contribution in [2.24, 2.45) is 5.73 Å². The van der Waals surface area contributed by atoms with E-state index in [-0.39, 0.29) is 0 Å². The number of hydrogen-bond donors (Lipinski definition) is 1. The lowest BCUT2D eigenvalue weighted by Crippen LogP contribution is -2.03. The minimum absolute atomic E-state index is 0.693. The summed E-state index contributed by atoms with van der Waals surface area (Å²) < 4.78 is 1.06. The van der Waals surface area contributed by atoms with Crippen LogP contribution in [0.25, 0.3) is 10.9 Å². The van der Waals surface area contributed by atoms with Crippen LogP contribution < -0.4 is 5.73 Å². The normalized spacial score (nSPS) is 10.9. The molecule has 1 aromatic carbocycles. The lowest BCUT2D eigenvalue weighted by atomic mass is 10.1. The number of hydrogen-bond acceptors (Lipinski definition) is 3. The topological polar surface area (TPSA) is 51.8 Å². The third-order valence-corrected chi connectivity index (χ3v) is 2.96. The van der Waals surface area contributed by atoms with E-state index in [1.165, 1.54) is 0 Å². The quantitative estimate of drug-likeness (QED) is 0.940. The van der Waals surface area contributed by atoms with Crippen LogP contribution in [0.1, 0.15) is 17.9 Å². The Morgan fingerprint density at radius 2 is 2.12 bits per heavy atom. The second-order valence-corrected chi connectivity index (χ2v) is 4.69. The molecule has 16 heavy (non-hydrogen) atoms. The predicted octanol–water partition coefficient (Wildman–Crippen LogP) is 2.59. The molecule has 0 atom stereocenters. The van der Waals surface area contributed by atoms with Gasteiger partial charge in [-0.2, -0.15) is 0 Å². The van der Waals surface area contributed by atoms with Crippen LogP contribution in [0, 0.1) is 6.92 Å². The Bertz CT molecular complexity index is 511. The molecule has 2 N–H and O–H groups in total. The van der Waals surface area contributed by atoms with Crippen molar-refractivity contribution in [3.8, 4) is 0 Å². The van der Waals surface area contributed by atoms with Gasteiger partial charge in [-0.3, -0.25) is 0 Å². The standard InChI is InChI=1S/C12H14BrN3/c1-8-15-11(3-2-6-14)10-7-9(13)4-5-12(10)16-8/h4-5,7H,2-3,6,14H2,1H3. The molecule has 1 heterocycles. The van der Waals surface area contributed by atoms with E-state index in [1.54, 1.807) is 0 Å². The minimum atomic E-state index is 0.693. The van der Waals surface area contributed by atoms with Gasteiger partial charge in [0.25, 0.3) is 0 Å². The Morgan fingerprint density at radius 1 is 1.31 bits per heavy atom. The fraction of sp³-hybridized carbons (Fsp3) is 0.333. The molecule has 0 aliphatic rings. The molecule has 0 saturated carbocycles. The number of halogens is 1. The van der Waals surface area contributed by atoms with Crippen molar-refractivity contribution in [2.75, 3.05) is 6.54 Å². The van der Waals surface area contributed by atoms with E-state index in [9.17, 15) is 0 Å². The monoisotopic (exact) mass is 279 g/mol. The maximum atomic E-state index is 5.54. The number of aryl methyl sites for hydroxylation is 2. The van der Waals surface area contributed by atoms with Crippen molar-refractivity contribution in [3.05, 3.63) is 34.2 Å². The molecule has 0 aliphatic carbocycles. The Labute approximate surface area is 103 Å². The van der Waals surface area contributed by atoms with Crippen LogP contribution in [0.3, 0.4) is 0 Å². The van der Waals surface area contributed by atoms with E-state index in [0.717, 1.165) is 39.7 Å². The summed E-state index contributed by atoms with van der Waals surface area (Å²) in [6.07, 6.45) is 1.87. The van der Waals surface area contributed by atoms with Crippen LogP contribution in [0.15, 0.2) is 22.7 Å². The van der Waals surface area contributed by atoms with Crippen LogP contribution in [0.4, 0.5) is 0 Å². The van der Waals surface area contributed by atoms with E-state index in [4.69, 9.17) is 5.73 Å². The Morgan fingerprint density at radius 3 is 2.88 bits per heavy atom. The zero-order valence-electron chi connectivity index (χ0n) is 9.20. The molecule has 84 valence electrons. The molecule has 0 radical (unpaired) electrons. The molecule has 2 aromatic rings. The van der Waals surface area contributed by atoms with Crippen molar-refractivity contribution in [2.45, 2.75) is 19.8 Å². The molecule has 0 amide bonds. The molecule has 4 heteroatoms. The lowest BCUT2D eigenvalue weighted by Gasteiger charge is -2.06. The van der Waals surface area contributed by atoms with E-state index >= 15 is 0 Å². The van der Waals surface area contributed by atoms with Crippen molar-refractivity contribution >= 4 is 26.8 Å². The van der Waals surface area contributed by atoms with Crippen molar-refractivity contribution in [1.82, 2.24) is 9.97 Å². The second kappa shape index (κ2) is 4.89. The van der Waals surface area contributed by atoms with Gasteiger partial charge in [0.2, 0.25) is 0 Å². The first-order valence-electron chi connectivity index (χ1n) is 5.33. The molecule has 0 bridgehead atoms. The molecule has 0 fully saturated rings. The molecule has 2 rings (SSSR count). The maximum absolute atomic E-state index is 5.54. The van der Waals surface area contributed by atoms with Crippen molar-refractivity contribution in [1.29, 1.82) is 0 Å². The summed E-state index contributed by atoms with van der Waals surface area (Å²) in [5.74, 6) is 0.821. The smallest absolute Gasteiger partial charge is 0.126 e. The summed E-state index contributed by atoms with van der Waals surface area (Å²) in [7, 11) is 0. The SMILES string of the molecule is Cc1nc(CCCN)c2cc(Br)ccc2n1. The summed E-state index contributed by atoms with van der Waals surface area (Å²) in [6, 6.07) is 6.09. The van der Waals surface area contributed by atoms with Gasteiger partial charge in [0.15, 0.2) is 0 Å². The molecule has 1 aromatic heterocycles. The largest absolute Gasteiger partial charge is 0.330 e. The molecule has 0 spiro atoms. The van der Waals surface area contributed by atoms with Gasteiger partial charge in [0.05, 0.1) is 11.2 Å². The van der Waals surface area contributed by atoms with Crippen LogP contribution in [-0.2, 0) is 6.42 Å². The first-order chi connectivity index (χ1) is 7.70. The Kier molecular flexibility index (Phi) is 3.51. The van der Waals surface area contributed by atoms with Crippen LogP contribution in [-0.4, -0.2) is 16.5 Å². The zero-order valence-corrected chi connectivity index (χ0v) is 10.8. The highest BCUT2D eigenvalue weighted by molar-refractivity contribution is 9.10. The highest BCUT2D eigenvalue weighted by atomic mass is 79.9. The second-order valence-electron chi connectivity index (χ2n) is 3.77. The molecule has 0 unspecified atom stereocenters. The molecular formula is C12H14BrN3. The minimum Gasteiger partial charge on any atom is -0.330 e. The first-order valence-corrected chi connectivity index (χ1v) is 6.13. The van der Waals surface area contributed by atoms with Gasteiger partial charge in [0.1, 0.15) is 5.82 Å². The summed E-state index contributed by atoms with van der Waals surface area (Å²) in [6.45, 7) is 2.62. The number of benzene rings is 1. The maximum Gasteiger partial charge on any atom is 0.126 e. The summed E-state index contributed by atoms with van der Waals surface area (Å²) >= 11 is 3.47. The zero-order chi connectivity index (χ0) is 11.5. The fourth-order valence-corrected chi connectivity index (χ4v) is 2.11. The van der Waals surface area contributed by atoms with Gasteiger partial charge in [-0.05, 0) is 44.5 Å². The highest BCUT2D eigenvalue weighted by Crippen LogP contribution is 2.21. The van der Waals surface area contributed by atoms with Gasteiger partial charge >= 0.3 is 0 Å². The van der Waals surface area contributed by atoms with E-state index in [1.807, 2.05) is 19.1 Å². The van der Waals surface area contributed by atoms with Gasteiger partial charge in [-0.25, -0.2) is 9.97 Å². The van der Waals surface area contributed by atoms with Crippen molar-refractivity contribution in [3.63, 3.8) is 0 Å². The van der Waals surface area contributed by atoms with Gasteiger partial charge in [0, 0.05) is 9.86 Å². The van der Waals surface area contributed by atoms with E-state index in [2.05, 4.69) is 32.0 Å². The number of nitrogens with zero attached hydrogens (tertiary/aromatic N) is 2. The Hall–Kier alpha value is -1.00. The van der Waals surface area contributed by atoms with Crippen LogP contribution in [0.5, 0.6) is 0 Å². The first kappa shape index (κ1) is 11.5. The third-order valence-electron chi connectivity index (χ3n) is 2.47. The number of nitrogens with two attached hydrogens (primary N) is 1. The molecule has 0 aliphatic heterocycles. The lowest BCUT2D eigenvalue weighted by molar-refractivity contribution is 0.808. The number of fused-ring (bicyclic) bond motifs is 1. The average molecular weight is 280 g/mol. The summed E-state index contributed by atoms with van der Waals surface area (Å²) in [5.41, 5.74) is 7.63. The number of rotatable bonds is 3. The van der Waals surface area contributed by atoms with Crippen LogP contribution in [0.2, 0.25) is 0 Å². The Balaban J connectivity index is 2.55. The molecular weight excluding hydrogens is 266 g/mol. The third kappa shape index (κ3) is 2.39. The van der Waals surface area contributed by atoms with Gasteiger partial charge < -0.3 is 5.73 Å². The van der Waals surface area contributed by atoms with Gasteiger partial charge in [-0.15, -0.1) is 0 Å². The van der Waals surface area contributed by atoms with E-state index < -0.39 is 0 Å².